The molecule has 0 radical (unpaired) electrons. The standard InChI is InChI=1S/C11H11Cl2NO3S/c12-9-3-1-8(2-4-9)6-14-7-10(5-11(14)15)18(13,16)17/h1-4,10H,5-7H2. The molecular formula is C11H11Cl2NO3S. The molecule has 98 valence electrons. The van der Waals surface area contributed by atoms with E-state index in [1.165, 1.54) is 4.90 Å². The zero-order valence-corrected chi connectivity index (χ0v) is 11.7. The van der Waals surface area contributed by atoms with Gasteiger partial charge in [0.15, 0.2) is 0 Å². The zero-order valence-electron chi connectivity index (χ0n) is 9.34. The first-order valence-corrected chi connectivity index (χ1v) is 8.07. The number of likely N-dealkylation sites (tertiary alicyclic amines) is 1. The Bertz CT molecular complexity index is 556. The fraction of sp³-hybridized carbons (Fsp3) is 0.364. The second-order valence-corrected chi connectivity index (χ2v) is 7.55. The molecule has 1 heterocycles. The topological polar surface area (TPSA) is 54.5 Å². The highest BCUT2D eigenvalue weighted by Gasteiger charge is 2.37. The van der Waals surface area contributed by atoms with Crippen molar-refractivity contribution in [3.05, 3.63) is 34.9 Å². The van der Waals surface area contributed by atoms with Gasteiger partial charge in [-0.05, 0) is 17.7 Å². The molecule has 0 spiro atoms. The number of carbonyl (C=O) groups is 1. The summed E-state index contributed by atoms with van der Waals surface area (Å²) in [6.07, 6.45) is -0.0422. The van der Waals surface area contributed by atoms with Crippen molar-refractivity contribution in [2.45, 2.75) is 18.2 Å². The van der Waals surface area contributed by atoms with E-state index in [0.29, 0.717) is 11.6 Å². The Kier molecular flexibility index (Phi) is 3.84. The fourth-order valence-corrected chi connectivity index (χ4v) is 3.07. The lowest BCUT2D eigenvalue weighted by molar-refractivity contribution is -0.128. The predicted octanol–water partition coefficient (Wildman–Crippen LogP) is 2.01. The van der Waals surface area contributed by atoms with Gasteiger partial charge in [0.2, 0.25) is 15.0 Å². The molecule has 0 saturated carbocycles. The number of hydrogen-bond donors (Lipinski definition) is 0. The lowest BCUT2D eigenvalue weighted by atomic mass is 10.2. The predicted molar refractivity (Wildman–Crippen MR) is 70.0 cm³/mol. The molecule has 0 aromatic heterocycles. The van der Waals surface area contributed by atoms with Crippen molar-refractivity contribution in [2.75, 3.05) is 6.54 Å². The number of nitrogens with zero attached hydrogens (tertiary/aromatic N) is 1. The van der Waals surface area contributed by atoms with Gasteiger partial charge in [-0.1, -0.05) is 23.7 Å². The first kappa shape index (κ1) is 13.6. The summed E-state index contributed by atoms with van der Waals surface area (Å²) in [5, 5.41) is -0.188. The van der Waals surface area contributed by atoms with Crippen LogP contribution >= 0.6 is 22.3 Å². The van der Waals surface area contributed by atoms with E-state index in [9.17, 15) is 13.2 Å². The molecule has 1 saturated heterocycles. The van der Waals surface area contributed by atoms with Gasteiger partial charge >= 0.3 is 0 Å². The fourth-order valence-electron chi connectivity index (χ4n) is 1.89. The highest BCUT2D eigenvalue weighted by atomic mass is 35.7. The van der Waals surface area contributed by atoms with E-state index in [-0.39, 0.29) is 18.9 Å². The molecule has 1 aliphatic heterocycles. The summed E-state index contributed by atoms with van der Waals surface area (Å²) in [7, 11) is 1.59. The largest absolute Gasteiger partial charge is 0.337 e. The third-order valence-electron chi connectivity index (χ3n) is 2.86. The molecule has 2 rings (SSSR count). The van der Waals surface area contributed by atoms with Crippen LogP contribution in [0.1, 0.15) is 12.0 Å². The molecule has 1 aromatic rings. The SMILES string of the molecule is O=C1CC(S(=O)(=O)Cl)CN1Cc1ccc(Cl)cc1. The van der Waals surface area contributed by atoms with Gasteiger partial charge < -0.3 is 4.90 Å². The highest BCUT2D eigenvalue weighted by molar-refractivity contribution is 8.14. The monoisotopic (exact) mass is 307 g/mol. The summed E-state index contributed by atoms with van der Waals surface area (Å²) in [5.41, 5.74) is 0.903. The van der Waals surface area contributed by atoms with Crippen LogP contribution in [0.5, 0.6) is 0 Å². The number of rotatable bonds is 3. The lowest BCUT2D eigenvalue weighted by Crippen LogP contribution is -2.26. The van der Waals surface area contributed by atoms with Crippen LogP contribution in [0.15, 0.2) is 24.3 Å². The molecule has 1 amide bonds. The first-order valence-electron chi connectivity index (χ1n) is 5.32. The maximum absolute atomic E-state index is 11.7. The minimum absolute atomic E-state index is 0.0422. The van der Waals surface area contributed by atoms with Gasteiger partial charge in [0.25, 0.3) is 0 Å². The van der Waals surface area contributed by atoms with Gasteiger partial charge in [0.05, 0.1) is 0 Å². The third kappa shape index (κ3) is 3.16. The maximum Gasteiger partial charge on any atom is 0.237 e. The number of carbonyl (C=O) groups excluding carboxylic acids is 1. The zero-order chi connectivity index (χ0) is 13.3. The van der Waals surface area contributed by atoms with Crippen molar-refractivity contribution < 1.29 is 13.2 Å². The molecule has 0 aliphatic carbocycles. The van der Waals surface area contributed by atoms with Gasteiger partial charge in [-0.3, -0.25) is 4.79 Å². The Hall–Kier alpha value is -0.780. The molecule has 1 atom stereocenters. The number of hydrogen-bond acceptors (Lipinski definition) is 3. The van der Waals surface area contributed by atoms with E-state index in [1.807, 2.05) is 0 Å². The van der Waals surface area contributed by atoms with Crippen LogP contribution in [-0.2, 0) is 20.4 Å². The highest BCUT2D eigenvalue weighted by Crippen LogP contribution is 2.23. The maximum atomic E-state index is 11.7. The van der Waals surface area contributed by atoms with Crippen LogP contribution in [0.4, 0.5) is 0 Å². The summed E-state index contributed by atoms with van der Waals surface area (Å²) in [5.74, 6) is -0.195. The second-order valence-electron chi connectivity index (χ2n) is 4.20. The van der Waals surface area contributed by atoms with Crippen molar-refractivity contribution >= 4 is 37.2 Å². The normalized spacial score (nSPS) is 20.4. The third-order valence-corrected chi connectivity index (χ3v) is 4.98. The van der Waals surface area contributed by atoms with Crippen LogP contribution in [0, 0.1) is 0 Å². The van der Waals surface area contributed by atoms with E-state index in [0.717, 1.165) is 5.56 Å². The van der Waals surface area contributed by atoms with Crippen LogP contribution in [-0.4, -0.2) is 31.0 Å². The molecule has 0 bridgehead atoms. The summed E-state index contributed by atoms with van der Waals surface area (Å²) in [4.78, 5) is 13.2. The lowest BCUT2D eigenvalue weighted by Gasteiger charge is -2.16. The molecule has 0 N–H and O–H groups in total. The molecule has 1 unspecified atom stereocenters. The minimum Gasteiger partial charge on any atom is -0.337 e. The van der Waals surface area contributed by atoms with Crippen molar-refractivity contribution in [2.24, 2.45) is 0 Å². The van der Waals surface area contributed by atoms with E-state index >= 15 is 0 Å². The summed E-state index contributed by atoms with van der Waals surface area (Å²) in [6.45, 7) is 0.520. The smallest absolute Gasteiger partial charge is 0.237 e. The first-order chi connectivity index (χ1) is 8.36. The quantitative estimate of drug-likeness (QED) is 0.803. The molecular weight excluding hydrogens is 297 g/mol. The van der Waals surface area contributed by atoms with E-state index in [4.69, 9.17) is 22.3 Å². The Morgan fingerprint density at radius 1 is 1.28 bits per heavy atom. The Labute approximate surface area is 115 Å². The number of benzene rings is 1. The van der Waals surface area contributed by atoms with Gasteiger partial charge in [0, 0.05) is 35.2 Å². The molecule has 1 fully saturated rings. The minimum atomic E-state index is -3.68. The van der Waals surface area contributed by atoms with Crippen LogP contribution in [0.25, 0.3) is 0 Å². The summed E-state index contributed by atoms with van der Waals surface area (Å²) >= 11 is 5.76. The van der Waals surface area contributed by atoms with Crippen molar-refractivity contribution in [1.29, 1.82) is 0 Å². The van der Waals surface area contributed by atoms with E-state index in [2.05, 4.69) is 0 Å². The van der Waals surface area contributed by atoms with E-state index in [1.54, 1.807) is 24.3 Å². The average Bonchev–Trinajstić information content (AvgIpc) is 2.63. The van der Waals surface area contributed by atoms with Gasteiger partial charge in [-0.2, -0.15) is 0 Å². The van der Waals surface area contributed by atoms with E-state index < -0.39 is 14.3 Å². The molecule has 4 nitrogen and oxygen atoms in total. The Morgan fingerprint density at radius 2 is 1.89 bits per heavy atom. The molecule has 18 heavy (non-hydrogen) atoms. The van der Waals surface area contributed by atoms with Crippen LogP contribution < -0.4 is 0 Å². The summed E-state index contributed by atoms with van der Waals surface area (Å²) < 4.78 is 22.4. The Balaban J connectivity index is 2.07. The molecule has 1 aliphatic rings. The molecule has 7 heteroatoms. The summed E-state index contributed by atoms with van der Waals surface area (Å²) in [6, 6.07) is 7.07. The van der Waals surface area contributed by atoms with Crippen molar-refractivity contribution in [1.82, 2.24) is 4.90 Å². The van der Waals surface area contributed by atoms with Crippen LogP contribution in [0.3, 0.4) is 0 Å². The van der Waals surface area contributed by atoms with Crippen molar-refractivity contribution in [3.63, 3.8) is 0 Å². The van der Waals surface area contributed by atoms with Crippen LogP contribution in [0.2, 0.25) is 5.02 Å². The second kappa shape index (κ2) is 5.07. The van der Waals surface area contributed by atoms with Gasteiger partial charge in [0.1, 0.15) is 5.25 Å². The number of halogens is 2. The van der Waals surface area contributed by atoms with Crippen molar-refractivity contribution in [3.8, 4) is 0 Å². The number of amides is 1. The van der Waals surface area contributed by atoms with Gasteiger partial charge in [-0.15, -0.1) is 0 Å². The molecule has 1 aromatic carbocycles. The Morgan fingerprint density at radius 3 is 2.39 bits per heavy atom. The average molecular weight is 308 g/mol. The van der Waals surface area contributed by atoms with Gasteiger partial charge in [-0.25, -0.2) is 8.42 Å².